The molecular weight excluding hydrogens is 269 g/mol. The van der Waals surface area contributed by atoms with Crippen molar-refractivity contribution in [2.24, 2.45) is 5.92 Å². The quantitative estimate of drug-likeness (QED) is 0.644. The van der Waals surface area contributed by atoms with Gasteiger partial charge in [-0.05, 0) is 37.0 Å². The third-order valence-electron chi connectivity index (χ3n) is 2.87. The average molecular weight is 288 g/mol. The van der Waals surface area contributed by atoms with Crippen LogP contribution in [0.15, 0.2) is 18.2 Å². The summed E-state index contributed by atoms with van der Waals surface area (Å²) in [6, 6.07) is 2.75. The highest BCUT2D eigenvalue weighted by molar-refractivity contribution is 5.99. The molecule has 0 aliphatic carbocycles. The van der Waals surface area contributed by atoms with Crippen molar-refractivity contribution in [1.29, 1.82) is 0 Å². The normalized spacial score (nSPS) is 11.7. The van der Waals surface area contributed by atoms with Crippen LogP contribution in [0.2, 0.25) is 0 Å². The van der Waals surface area contributed by atoms with E-state index in [1.165, 1.54) is 0 Å². The van der Waals surface area contributed by atoms with E-state index >= 15 is 0 Å². The van der Waals surface area contributed by atoms with Gasteiger partial charge in [-0.1, -0.05) is 13.8 Å². The Morgan fingerprint density at radius 2 is 2.00 bits per heavy atom. The lowest BCUT2D eigenvalue weighted by Crippen LogP contribution is -2.26. The number of nitrogens with two attached hydrogens (primary N) is 1. The Kier molecular flexibility index (Phi) is 5.42. The van der Waals surface area contributed by atoms with Gasteiger partial charge in [0, 0.05) is 12.2 Å². The molecule has 20 heavy (non-hydrogen) atoms. The van der Waals surface area contributed by atoms with Crippen LogP contribution in [-0.2, 0) is 6.18 Å². The number of nitrogen functional groups attached to an aromatic ring is 1. The Balaban J connectivity index is 2.72. The molecule has 0 aliphatic heterocycles. The van der Waals surface area contributed by atoms with E-state index in [1.807, 2.05) is 0 Å². The third kappa shape index (κ3) is 4.75. The number of nitrogens with one attached hydrogen (secondary N) is 1. The SMILES string of the molecule is CC(C)CCCNC(=O)c1cc(C(F)(F)F)ccc1N. The molecule has 0 radical (unpaired) electrons. The van der Waals surface area contributed by atoms with Crippen LogP contribution < -0.4 is 11.1 Å². The molecule has 0 aliphatic rings. The largest absolute Gasteiger partial charge is 0.416 e. The van der Waals surface area contributed by atoms with Crippen LogP contribution in [0.5, 0.6) is 0 Å². The van der Waals surface area contributed by atoms with Crippen molar-refractivity contribution in [3.8, 4) is 0 Å². The number of benzene rings is 1. The van der Waals surface area contributed by atoms with E-state index in [0.717, 1.165) is 31.0 Å². The first-order valence-corrected chi connectivity index (χ1v) is 6.46. The Hall–Kier alpha value is -1.72. The Bertz CT molecular complexity index is 470. The van der Waals surface area contributed by atoms with Gasteiger partial charge in [0.05, 0.1) is 11.1 Å². The first kappa shape index (κ1) is 16.3. The maximum absolute atomic E-state index is 12.6. The summed E-state index contributed by atoms with van der Waals surface area (Å²) in [6.07, 6.45) is -2.76. The number of amides is 1. The fraction of sp³-hybridized carbons (Fsp3) is 0.500. The van der Waals surface area contributed by atoms with E-state index in [0.29, 0.717) is 12.5 Å². The molecule has 0 atom stereocenters. The van der Waals surface area contributed by atoms with Crippen molar-refractivity contribution in [2.45, 2.75) is 32.9 Å². The number of alkyl halides is 3. The number of anilines is 1. The highest BCUT2D eigenvalue weighted by Gasteiger charge is 2.31. The number of halogens is 3. The second-order valence-corrected chi connectivity index (χ2v) is 5.09. The standard InChI is InChI=1S/C14H19F3N2O/c1-9(2)4-3-7-19-13(20)11-8-10(14(15,16)17)5-6-12(11)18/h5-6,8-9H,3-4,7,18H2,1-2H3,(H,19,20). The Morgan fingerprint density at radius 1 is 1.35 bits per heavy atom. The highest BCUT2D eigenvalue weighted by Crippen LogP contribution is 2.31. The Labute approximate surface area is 116 Å². The van der Waals surface area contributed by atoms with Gasteiger partial charge in [-0.15, -0.1) is 0 Å². The van der Waals surface area contributed by atoms with Crippen LogP contribution >= 0.6 is 0 Å². The molecule has 1 aromatic rings. The first-order chi connectivity index (χ1) is 9.21. The zero-order valence-corrected chi connectivity index (χ0v) is 11.6. The summed E-state index contributed by atoms with van der Waals surface area (Å²) in [4.78, 5) is 11.8. The summed E-state index contributed by atoms with van der Waals surface area (Å²) in [5.74, 6) is -0.0529. The van der Waals surface area contributed by atoms with Gasteiger partial charge < -0.3 is 11.1 Å². The molecular formula is C14H19F3N2O. The molecule has 0 heterocycles. The van der Waals surface area contributed by atoms with E-state index < -0.39 is 17.6 Å². The van der Waals surface area contributed by atoms with Crippen LogP contribution in [-0.4, -0.2) is 12.5 Å². The second-order valence-electron chi connectivity index (χ2n) is 5.09. The van der Waals surface area contributed by atoms with Crippen molar-refractivity contribution in [3.05, 3.63) is 29.3 Å². The van der Waals surface area contributed by atoms with Gasteiger partial charge in [0.25, 0.3) is 5.91 Å². The molecule has 0 fully saturated rings. The van der Waals surface area contributed by atoms with Crippen LogP contribution in [0.3, 0.4) is 0 Å². The molecule has 6 heteroatoms. The Morgan fingerprint density at radius 3 is 2.55 bits per heavy atom. The summed E-state index contributed by atoms with van der Waals surface area (Å²) in [7, 11) is 0. The average Bonchev–Trinajstić information content (AvgIpc) is 2.33. The monoisotopic (exact) mass is 288 g/mol. The molecule has 1 rings (SSSR count). The molecule has 1 amide bonds. The number of hydrogen-bond acceptors (Lipinski definition) is 2. The summed E-state index contributed by atoms with van der Waals surface area (Å²) in [5, 5.41) is 2.59. The zero-order valence-electron chi connectivity index (χ0n) is 11.6. The van der Waals surface area contributed by atoms with Gasteiger partial charge in [0.1, 0.15) is 0 Å². The predicted molar refractivity (Wildman–Crippen MR) is 72.3 cm³/mol. The molecule has 112 valence electrons. The molecule has 0 bridgehead atoms. The summed E-state index contributed by atoms with van der Waals surface area (Å²) in [5.41, 5.74) is 4.59. The van der Waals surface area contributed by atoms with Crippen molar-refractivity contribution < 1.29 is 18.0 Å². The fourth-order valence-electron chi connectivity index (χ4n) is 1.74. The number of rotatable bonds is 5. The molecule has 0 unspecified atom stereocenters. The van der Waals surface area contributed by atoms with Gasteiger partial charge in [-0.25, -0.2) is 0 Å². The van der Waals surface area contributed by atoms with Crippen LogP contribution in [0.25, 0.3) is 0 Å². The fourth-order valence-corrected chi connectivity index (χ4v) is 1.74. The maximum Gasteiger partial charge on any atom is 0.416 e. The molecule has 0 aromatic heterocycles. The van der Waals surface area contributed by atoms with E-state index in [2.05, 4.69) is 19.2 Å². The zero-order chi connectivity index (χ0) is 15.3. The molecule has 3 N–H and O–H groups in total. The number of hydrogen-bond donors (Lipinski definition) is 2. The highest BCUT2D eigenvalue weighted by atomic mass is 19.4. The van der Waals surface area contributed by atoms with Crippen molar-refractivity contribution in [3.63, 3.8) is 0 Å². The van der Waals surface area contributed by atoms with Gasteiger partial charge in [-0.3, -0.25) is 4.79 Å². The minimum atomic E-state index is -4.49. The summed E-state index contributed by atoms with van der Waals surface area (Å²) < 4.78 is 37.8. The lowest BCUT2D eigenvalue weighted by Gasteiger charge is -2.12. The van der Waals surface area contributed by atoms with Crippen molar-refractivity contribution in [2.75, 3.05) is 12.3 Å². The lowest BCUT2D eigenvalue weighted by molar-refractivity contribution is -0.137. The van der Waals surface area contributed by atoms with Crippen molar-refractivity contribution >= 4 is 11.6 Å². The van der Waals surface area contributed by atoms with E-state index in [1.54, 1.807) is 0 Å². The smallest absolute Gasteiger partial charge is 0.398 e. The molecule has 0 saturated heterocycles. The van der Waals surface area contributed by atoms with E-state index in [-0.39, 0.29) is 11.3 Å². The molecule has 1 aromatic carbocycles. The minimum Gasteiger partial charge on any atom is -0.398 e. The first-order valence-electron chi connectivity index (χ1n) is 6.46. The van der Waals surface area contributed by atoms with Gasteiger partial charge in [0.15, 0.2) is 0 Å². The van der Waals surface area contributed by atoms with E-state index in [9.17, 15) is 18.0 Å². The third-order valence-corrected chi connectivity index (χ3v) is 2.87. The summed E-state index contributed by atoms with van der Waals surface area (Å²) >= 11 is 0. The summed E-state index contributed by atoms with van der Waals surface area (Å²) in [6.45, 7) is 4.55. The van der Waals surface area contributed by atoms with E-state index in [4.69, 9.17) is 5.73 Å². The van der Waals surface area contributed by atoms with Crippen molar-refractivity contribution in [1.82, 2.24) is 5.32 Å². The van der Waals surface area contributed by atoms with Gasteiger partial charge in [0.2, 0.25) is 0 Å². The lowest BCUT2D eigenvalue weighted by atomic mass is 10.1. The molecule has 0 saturated carbocycles. The maximum atomic E-state index is 12.6. The van der Waals surface area contributed by atoms with Gasteiger partial charge >= 0.3 is 6.18 Å². The van der Waals surface area contributed by atoms with Crippen LogP contribution in [0.4, 0.5) is 18.9 Å². The topological polar surface area (TPSA) is 55.1 Å². The molecule has 3 nitrogen and oxygen atoms in total. The number of carbonyl (C=O) groups is 1. The number of carbonyl (C=O) groups excluding carboxylic acids is 1. The van der Waals surface area contributed by atoms with Crippen LogP contribution in [0, 0.1) is 5.92 Å². The van der Waals surface area contributed by atoms with Crippen LogP contribution in [0.1, 0.15) is 42.6 Å². The molecule has 0 spiro atoms. The minimum absolute atomic E-state index is 0.0411. The predicted octanol–water partition coefficient (Wildman–Crippen LogP) is 3.45. The second kappa shape index (κ2) is 6.63. The van der Waals surface area contributed by atoms with Gasteiger partial charge in [-0.2, -0.15) is 13.2 Å².